The van der Waals surface area contributed by atoms with E-state index in [9.17, 15) is 0 Å². The Kier molecular flexibility index (Phi) is 3.50. The molecular weight excluding hydrogens is 204 g/mol. The number of aromatic nitrogens is 2. The predicted molar refractivity (Wildman–Crippen MR) is 58.9 cm³/mol. The fraction of sp³-hybridized carbons (Fsp3) is 0. The van der Waals surface area contributed by atoms with Crippen molar-refractivity contribution >= 4 is 0 Å². The Morgan fingerprint density at radius 3 is 1.62 bits per heavy atom. The first-order valence-corrected chi connectivity index (χ1v) is 4.75. The molecular formula is C12H10N2O2. The second kappa shape index (κ2) is 5.50. The van der Waals surface area contributed by atoms with E-state index < -0.39 is 0 Å². The molecule has 0 aliphatic heterocycles. The number of nitrogens with zero attached hydrogens (tertiary/aromatic N) is 2. The topological polar surface area (TPSA) is 44.2 Å². The van der Waals surface area contributed by atoms with Crippen LogP contribution >= 0.6 is 0 Å². The van der Waals surface area contributed by atoms with Gasteiger partial charge >= 0.3 is 0 Å². The maximum Gasteiger partial charge on any atom is 0.218 e. The van der Waals surface area contributed by atoms with Gasteiger partial charge in [0.25, 0.3) is 0 Å². The van der Waals surface area contributed by atoms with Gasteiger partial charge in [-0.2, -0.15) is 0 Å². The fourth-order valence-electron chi connectivity index (χ4n) is 1.03. The summed E-state index contributed by atoms with van der Waals surface area (Å²) in [5.74, 6) is 1.03. The van der Waals surface area contributed by atoms with Gasteiger partial charge in [0.2, 0.25) is 11.8 Å². The largest absolute Gasteiger partial charge is 0.443 e. The van der Waals surface area contributed by atoms with Gasteiger partial charge < -0.3 is 9.47 Å². The summed E-state index contributed by atoms with van der Waals surface area (Å²) in [5, 5.41) is 0. The van der Waals surface area contributed by atoms with Crippen LogP contribution in [0.1, 0.15) is 0 Å². The van der Waals surface area contributed by atoms with Crippen molar-refractivity contribution in [3.8, 4) is 11.8 Å². The average Bonchev–Trinajstić information content (AvgIpc) is 2.37. The van der Waals surface area contributed by atoms with Crippen molar-refractivity contribution in [1.29, 1.82) is 0 Å². The standard InChI is InChI=1S/C12H10N2O2/c1-3-7-13-11(5-1)15-9-10-16-12-6-2-4-8-14-12/h1-10H. The van der Waals surface area contributed by atoms with Crippen LogP contribution in [0.4, 0.5) is 0 Å². The minimum absolute atomic E-state index is 0.517. The van der Waals surface area contributed by atoms with E-state index in [0.717, 1.165) is 0 Å². The van der Waals surface area contributed by atoms with Gasteiger partial charge in [-0.3, -0.25) is 0 Å². The van der Waals surface area contributed by atoms with Crippen molar-refractivity contribution in [2.75, 3.05) is 0 Å². The third kappa shape index (κ3) is 3.09. The Balaban J connectivity index is 1.83. The SMILES string of the molecule is C(=COc1ccccn1)Oc1ccccn1. The highest BCUT2D eigenvalue weighted by atomic mass is 16.5. The predicted octanol–water partition coefficient (Wildman–Crippen LogP) is 2.41. The average molecular weight is 214 g/mol. The van der Waals surface area contributed by atoms with E-state index in [-0.39, 0.29) is 0 Å². The Bertz CT molecular complexity index is 400. The first kappa shape index (κ1) is 10.2. The van der Waals surface area contributed by atoms with Crippen LogP contribution in [0, 0.1) is 0 Å². The molecule has 4 nitrogen and oxygen atoms in total. The molecule has 2 aromatic rings. The Labute approximate surface area is 93.2 Å². The summed E-state index contributed by atoms with van der Waals surface area (Å²) in [7, 11) is 0. The first-order valence-electron chi connectivity index (χ1n) is 4.75. The molecule has 4 heteroatoms. The van der Waals surface area contributed by atoms with Crippen molar-refractivity contribution in [3.05, 3.63) is 61.3 Å². The molecule has 0 spiro atoms. The Morgan fingerprint density at radius 1 is 0.750 bits per heavy atom. The van der Waals surface area contributed by atoms with E-state index in [0.29, 0.717) is 11.8 Å². The molecule has 0 saturated heterocycles. The van der Waals surface area contributed by atoms with Crippen LogP contribution in [-0.4, -0.2) is 9.97 Å². The third-order valence-electron chi connectivity index (χ3n) is 1.71. The Morgan fingerprint density at radius 2 is 1.25 bits per heavy atom. The summed E-state index contributed by atoms with van der Waals surface area (Å²) in [4.78, 5) is 7.96. The third-order valence-corrected chi connectivity index (χ3v) is 1.71. The molecule has 0 aliphatic carbocycles. The first-order chi connectivity index (χ1) is 7.95. The van der Waals surface area contributed by atoms with Gasteiger partial charge in [0.1, 0.15) is 12.5 Å². The van der Waals surface area contributed by atoms with Crippen LogP contribution in [0.25, 0.3) is 0 Å². The normalized spacial score (nSPS) is 10.2. The van der Waals surface area contributed by atoms with Gasteiger partial charge in [0, 0.05) is 24.5 Å². The highest BCUT2D eigenvalue weighted by Gasteiger charge is 1.89. The molecule has 0 aliphatic rings. The number of rotatable bonds is 4. The van der Waals surface area contributed by atoms with E-state index in [4.69, 9.17) is 9.47 Å². The van der Waals surface area contributed by atoms with Gasteiger partial charge in [-0.05, 0) is 12.1 Å². The molecule has 2 rings (SSSR count). The van der Waals surface area contributed by atoms with Crippen molar-refractivity contribution in [2.45, 2.75) is 0 Å². The molecule has 0 fully saturated rings. The van der Waals surface area contributed by atoms with Gasteiger partial charge in [-0.15, -0.1) is 0 Å². The number of hydrogen-bond donors (Lipinski definition) is 0. The molecule has 0 bridgehead atoms. The zero-order chi connectivity index (χ0) is 11.1. The summed E-state index contributed by atoms with van der Waals surface area (Å²) in [6.07, 6.45) is 6.14. The maximum absolute atomic E-state index is 5.18. The lowest BCUT2D eigenvalue weighted by atomic mass is 10.5. The van der Waals surface area contributed by atoms with Crippen molar-refractivity contribution < 1.29 is 9.47 Å². The summed E-state index contributed by atoms with van der Waals surface area (Å²) < 4.78 is 10.4. The summed E-state index contributed by atoms with van der Waals surface area (Å²) >= 11 is 0. The molecule has 0 N–H and O–H groups in total. The maximum atomic E-state index is 5.18. The van der Waals surface area contributed by atoms with Gasteiger partial charge in [0.15, 0.2) is 0 Å². The summed E-state index contributed by atoms with van der Waals surface area (Å²) in [5.41, 5.74) is 0. The molecule has 2 aromatic heterocycles. The smallest absolute Gasteiger partial charge is 0.218 e. The van der Waals surface area contributed by atoms with Crippen LogP contribution in [-0.2, 0) is 0 Å². The monoisotopic (exact) mass is 214 g/mol. The summed E-state index contributed by atoms with van der Waals surface area (Å²) in [6.45, 7) is 0. The van der Waals surface area contributed by atoms with Gasteiger partial charge in [-0.1, -0.05) is 12.1 Å². The lowest BCUT2D eigenvalue weighted by Gasteiger charge is -1.98. The van der Waals surface area contributed by atoms with Crippen molar-refractivity contribution in [3.63, 3.8) is 0 Å². The molecule has 0 radical (unpaired) electrons. The van der Waals surface area contributed by atoms with Crippen LogP contribution in [0.2, 0.25) is 0 Å². The second-order valence-electron chi connectivity index (χ2n) is 2.84. The van der Waals surface area contributed by atoms with Gasteiger partial charge in [-0.25, -0.2) is 9.97 Å². The van der Waals surface area contributed by atoms with Crippen LogP contribution in [0.15, 0.2) is 61.3 Å². The zero-order valence-corrected chi connectivity index (χ0v) is 8.48. The van der Waals surface area contributed by atoms with Crippen LogP contribution in [0.5, 0.6) is 11.8 Å². The minimum atomic E-state index is 0.517. The van der Waals surface area contributed by atoms with E-state index in [1.807, 2.05) is 24.3 Å². The molecule has 0 atom stereocenters. The molecule has 80 valence electrons. The minimum Gasteiger partial charge on any atom is -0.443 e. The zero-order valence-electron chi connectivity index (χ0n) is 8.48. The molecule has 0 saturated carbocycles. The highest BCUT2D eigenvalue weighted by molar-refractivity contribution is 5.12. The quantitative estimate of drug-likeness (QED) is 0.733. The lowest BCUT2D eigenvalue weighted by Crippen LogP contribution is -1.89. The molecule has 16 heavy (non-hydrogen) atoms. The summed E-state index contributed by atoms with van der Waals surface area (Å²) in [6, 6.07) is 10.8. The highest BCUT2D eigenvalue weighted by Crippen LogP contribution is 2.05. The van der Waals surface area contributed by atoms with E-state index in [1.165, 1.54) is 12.5 Å². The number of pyridine rings is 2. The van der Waals surface area contributed by atoms with Crippen LogP contribution < -0.4 is 9.47 Å². The Hall–Kier alpha value is -2.36. The van der Waals surface area contributed by atoms with Gasteiger partial charge in [0.05, 0.1) is 0 Å². The number of ether oxygens (including phenoxy) is 2. The second-order valence-corrected chi connectivity index (χ2v) is 2.84. The molecule has 2 heterocycles. The van der Waals surface area contributed by atoms with E-state index >= 15 is 0 Å². The van der Waals surface area contributed by atoms with E-state index in [2.05, 4.69) is 9.97 Å². The van der Waals surface area contributed by atoms with Crippen LogP contribution in [0.3, 0.4) is 0 Å². The molecule has 0 unspecified atom stereocenters. The van der Waals surface area contributed by atoms with Crippen molar-refractivity contribution in [1.82, 2.24) is 9.97 Å². The van der Waals surface area contributed by atoms with E-state index in [1.54, 1.807) is 24.5 Å². The number of hydrogen-bond acceptors (Lipinski definition) is 4. The lowest BCUT2D eigenvalue weighted by molar-refractivity contribution is 0.405. The fourth-order valence-corrected chi connectivity index (χ4v) is 1.03. The molecule has 0 aromatic carbocycles. The molecule has 0 amide bonds. The van der Waals surface area contributed by atoms with Crippen molar-refractivity contribution in [2.24, 2.45) is 0 Å².